The minimum Gasteiger partial charge on any atom is -0.302 e. The maximum Gasteiger partial charge on any atom is 0.223 e. The molecular weight excluding hydrogens is 417 g/mol. The Morgan fingerprint density at radius 2 is 2.09 bits per heavy atom. The third-order valence-electron chi connectivity index (χ3n) is 5.67. The average Bonchev–Trinajstić information content (AvgIpc) is 3.34. The molecule has 5 rings (SSSR count). The summed E-state index contributed by atoms with van der Waals surface area (Å²) in [4.78, 5) is 21.6. The summed E-state index contributed by atoms with van der Waals surface area (Å²) in [6.45, 7) is 5.79. The van der Waals surface area contributed by atoms with Gasteiger partial charge in [0.1, 0.15) is 7.85 Å². The SMILES string of the molecule is [B]c1cc(C(C)C)ccc1-n1nc(-c2cccnc2)c2c1-c1sc(NC(C)=O)nc1CC2. The van der Waals surface area contributed by atoms with Gasteiger partial charge in [-0.2, -0.15) is 5.10 Å². The Balaban J connectivity index is 1.74. The van der Waals surface area contributed by atoms with E-state index < -0.39 is 0 Å². The number of pyridine rings is 1. The van der Waals surface area contributed by atoms with Gasteiger partial charge in [-0.1, -0.05) is 42.8 Å². The molecule has 0 bridgehead atoms. The molecule has 0 saturated carbocycles. The molecule has 0 saturated heterocycles. The van der Waals surface area contributed by atoms with E-state index >= 15 is 0 Å². The molecule has 0 fully saturated rings. The summed E-state index contributed by atoms with van der Waals surface area (Å²) in [5, 5.41) is 8.46. The van der Waals surface area contributed by atoms with Gasteiger partial charge in [0, 0.05) is 30.4 Å². The van der Waals surface area contributed by atoms with Crippen LogP contribution >= 0.6 is 11.3 Å². The molecule has 1 aliphatic carbocycles. The zero-order chi connectivity index (χ0) is 22.4. The number of benzene rings is 1. The fourth-order valence-electron chi connectivity index (χ4n) is 4.11. The number of hydrogen-bond donors (Lipinski definition) is 1. The lowest BCUT2D eigenvalue weighted by Gasteiger charge is -2.16. The molecule has 2 radical (unpaired) electrons. The summed E-state index contributed by atoms with van der Waals surface area (Å²) in [6.07, 6.45) is 5.19. The number of carbonyl (C=O) groups excluding carboxylic acids is 1. The van der Waals surface area contributed by atoms with Crippen molar-refractivity contribution in [3.8, 4) is 27.5 Å². The summed E-state index contributed by atoms with van der Waals surface area (Å²) in [6, 6.07) is 10.1. The Morgan fingerprint density at radius 3 is 2.78 bits per heavy atom. The third kappa shape index (κ3) is 3.54. The number of nitrogens with zero attached hydrogens (tertiary/aromatic N) is 4. The lowest BCUT2D eigenvalue weighted by molar-refractivity contribution is -0.114. The third-order valence-corrected chi connectivity index (χ3v) is 6.69. The molecule has 3 heterocycles. The van der Waals surface area contributed by atoms with E-state index in [1.807, 2.05) is 35.1 Å². The highest BCUT2D eigenvalue weighted by Crippen LogP contribution is 2.43. The van der Waals surface area contributed by atoms with Crippen molar-refractivity contribution in [2.24, 2.45) is 0 Å². The van der Waals surface area contributed by atoms with Crippen LogP contribution in [-0.4, -0.2) is 33.5 Å². The van der Waals surface area contributed by atoms with Gasteiger partial charge in [-0.25, -0.2) is 9.67 Å². The van der Waals surface area contributed by atoms with Crippen LogP contribution in [0.2, 0.25) is 0 Å². The molecule has 1 aromatic carbocycles. The van der Waals surface area contributed by atoms with Gasteiger partial charge in [0.2, 0.25) is 5.91 Å². The minimum atomic E-state index is -0.130. The van der Waals surface area contributed by atoms with Crippen molar-refractivity contribution in [1.82, 2.24) is 19.7 Å². The normalized spacial score (nSPS) is 12.5. The summed E-state index contributed by atoms with van der Waals surface area (Å²) >= 11 is 1.48. The predicted octanol–water partition coefficient (Wildman–Crippen LogP) is 4.03. The molecule has 1 amide bonds. The maximum atomic E-state index is 11.6. The highest BCUT2D eigenvalue weighted by molar-refractivity contribution is 7.19. The van der Waals surface area contributed by atoms with Crippen molar-refractivity contribution >= 4 is 35.7 Å². The van der Waals surface area contributed by atoms with Gasteiger partial charge in [-0.3, -0.25) is 9.78 Å². The van der Waals surface area contributed by atoms with Crippen LogP contribution in [0, 0.1) is 0 Å². The van der Waals surface area contributed by atoms with Gasteiger partial charge in [0.25, 0.3) is 0 Å². The van der Waals surface area contributed by atoms with Crippen molar-refractivity contribution in [2.45, 2.75) is 39.5 Å². The van der Waals surface area contributed by atoms with Gasteiger partial charge >= 0.3 is 0 Å². The van der Waals surface area contributed by atoms with E-state index in [0.717, 1.165) is 51.6 Å². The van der Waals surface area contributed by atoms with E-state index in [1.54, 1.807) is 6.20 Å². The molecule has 158 valence electrons. The van der Waals surface area contributed by atoms with E-state index in [-0.39, 0.29) is 5.91 Å². The smallest absolute Gasteiger partial charge is 0.223 e. The topological polar surface area (TPSA) is 72.7 Å². The monoisotopic (exact) mass is 439 g/mol. The number of fused-ring (bicyclic) bond motifs is 3. The number of aromatic nitrogens is 4. The number of nitrogens with one attached hydrogen (secondary N) is 1. The zero-order valence-corrected chi connectivity index (χ0v) is 19.0. The lowest BCUT2D eigenvalue weighted by Crippen LogP contribution is -2.16. The van der Waals surface area contributed by atoms with Gasteiger partial charge in [-0.05, 0) is 42.5 Å². The molecule has 0 atom stereocenters. The fourth-order valence-corrected chi connectivity index (χ4v) is 5.22. The fraction of sp³-hybridized carbons (Fsp3) is 0.250. The van der Waals surface area contributed by atoms with Gasteiger partial charge < -0.3 is 5.32 Å². The Labute approximate surface area is 192 Å². The van der Waals surface area contributed by atoms with E-state index in [1.165, 1.54) is 23.8 Å². The number of carbonyl (C=O) groups is 1. The Morgan fingerprint density at radius 1 is 1.25 bits per heavy atom. The first kappa shape index (κ1) is 20.6. The van der Waals surface area contributed by atoms with Gasteiger partial charge in [0.05, 0.1) is 27.6 Å². The molecule has 6 nitrogen and oxygen atoms in total. The maximum absolute atomic E-state index is 11.6. The molecule has 4 aromatic rings. The van der Waals surface area contributed by atoms with Crippen LogP contribution in [-0.2, 0) is 17.6 Å². The van der Waals surface area contributed by atoms with Crippen molar-refractivity contribution in [3.63, 3.8) is 0 Å². The Kier molecular flexibility index (Phi) is 5.17. The molecule has 0 aliphatic heterocycles. The molecule has 1 aliphatic rings. The first-order valence-corrected chi connectivity index (χ1v) is 11.4. The Hall–Kier alpha value is -3.26. The first-order valence-electron chi connectivity index (χ1n) is 10.6. The van der Waals surface area contributed by atoms with Crippen LogP contribution in [0.3, 0.4) is 0 Å². The van der Waals surface area contributed by atoms with E-state index in [0.29, 0.717) is 16.5 Å². The summed E-state index contributed by atoms with van der Waals surface area (Å²) in [5.41, 5.74) is 7.68. The highest BCUT2D eigenvalue weighted by Gasteiger charge is 2.30. The second kappa shape index (κ2) is 8.02. The van der Waals surface area contributed by atoms with Gasteiger partial charge in [0.15, 0.2) is 5.13 Å². The largest absolute Gasteiger partial charge is 0.302 e. The van der Waals surface area contributed by atoms with E-state index in [4.69, 9.17) is 12.9 Å². The number of anilines is 1. The number of thiazole rings is 1. The second-order valence-electron chi connectivity index (χ2n) is 8.28. The highest BCUT2D eigenvalue weighted by atomic mass is 32.1. The van der Waals surface area contributed by atoms with Crippen molar-refractivity contribution < 1.29 is 4.79 Å². The first-order chi connectivity index (χ1) is 15.4. The molecule has 1 N–H and O–H groups in total. The lowest BCUT2D eigenvalue weighted by atomic mass is 9.89. The van der Waals surface area contributed by atoms with Crippen LogP contribution in [0.15, 0.2) is 42.7 Å². The summed E-state index contributed by atoms with van der Waals surface area (Å²) in [7, 11) is 6.52. The van der Waals surface area contributed by atoms with Crippen molar-refractivity contribution in [3.05, 3.63) is 59.5 Å². The van der Waals surface area contributed by atoms with E-state index in [2.05, 4.69) is 35.2 Å². The van der Waals surface area contributed by atoms with Crippen LogP contribution in [0.25, 0.3) is 27.5 Å². The average molecular weight is 439 g/mol. The molecule has 8 heteroatoms. The summed E-state index contributed by atoms with van der Waals surface area (Å²) < 4.78 is 1.94. The molecule has 0 spiro atoms. The van der Waals surface area contributed by atoms with E-state index in [9.17, 15) is 4.79 Å². The molecule has 3 aromatic heterocycles. The minimum absolute atomic E-state index is 0.130. The second-order valence-corrected chi connectivity index (χ2v) is 9.28. The molecular formula is C24H22BN5OS. The van der Waals surface area contributed by atoms with Crippen LogP contribution < -0.4 is 10.8 Å². The zero-order valence-electron chi connectivity index (χ0n) is 18.2. The van der Waals surface area contributed by atoms with Crippen LogP contribution in [0.1, 0.15) is 43.5 Å². The quantitative estimate of drug-likeness (QED) is 0.488. The molecule has 0 unspecified atom stereocenters. The Bertz CT molecular complexity index is 1330. The number of rotatable bonds is 4. The predicted molar refractivity (Wildman–Crippen MR) is 129 cm³/mol. The number of amides is 1. The number of hydrogen-bond acceptors (Lipinski definition) is 5. The van der Waals surface area contributed by atoms with Crippen molar-refractivity contribution in [1.29, 1.82) is 0 Å². The van der Waals surface area contributed by atoms with Crippen LogP contribution in [0.4, 0.5) is 5.13 Å². The number of aryl methyl sites for hydroxylation is 1. The molecule has 32 heavy (non-hydrogen) atoms. The summed E-state index contributed by atoms with van der Waals surface area (Å²) in [5.74, 6) is 0.256. The van der Waals surface area contributed by atoms with Crippen LogP contribution in [0.5, 0.6) is 0 Å². The van der Waals surface area contributed by atoms with Crippen molar-refractivity contribution in [2.75, 3.05) is 5.32 Å². The standard InChI is InChI=1S/C24H22BN5OS/c1-13(2)15-6-9-20(18(25)11-15)30-22-17(21(29-30)16-5-4-10-26-12-16)7-8-19-23(22)32-24(28-19)27-14(3)31/h4-6,9-13H,7-8H2,1-3H3,(H,27,28,31). The van der Waals surface area contributed by atoms with Gasteiger partial charge in [-0.15, -0.1) is 0 Å².